The molecule has 1 heterocycles. The average Bonchev–Trinajstić information content (AvgIpc) is 2.85. The third-order valence-corrected chi connectivity index (χ3v) is 6.41. The number of nitrogens with one attached hydrogen (secondary N) is 2. The van der Waals surface area contributed by atoms with E-state index in [0.717, 1.165) is 31.2 Å². The van der Waals surface area contributed by atoms with Gasteiger partial charge < -0.3 is 15.4 Å². The molecule has 8 heteroatoms. The predicted octanol–water partition coefficient (Wildman–Crippen LogP) is 3.73. The van der Waals surface area contributed by atoms with Gasteiger partial charge in [0.05, 0.1) is 23.8 Å². The normalized spacial score (nSPS) is 14.0. The molecular formula is C27H32N4O4. The number of hydrogen-bond donors (Lipinski definition) is 2. The molecule has 3 aromatic rings. The van der Waals surface area contributed by atoms with Gasteiger partial charge in [-0.1, -0.05) is 37.5 Å². The van der Waals surface area contributed by atoms with Crippen LogP contribution in [0, 0.1) is 6.92 Å². The summed E-state index contributed by atoms with van der Waals surface area (Å²) in [6, 6.07) is 12.9. The molecule has 0 radical (unpaired) electrons. The minimum absolute atomic E-state index is 0.0675. The van der Waals surface area contributed by atoms with Crippen LogP contribution in [0.5, 0.6) is 5.75 Å². The second kappa shape index (κ2) is 11.2. The first-order valence-corrected chi connectivity index (χ1v) is 12.2. The molecule has 8 nitrogen and oxygen atoms in total. The van der Waals surface area contributed by atoms with Gasteiger partial charge in [0.1, 0.15) is 18.0 Å². The molecule has 2 N–H and O–H groups in total. The van der Waals surface area contributed by atoms with Crippen molar-refractivity contribution in [1.82, 2.24) is 14.9 Å². The number of fused-ring (bicyclic) bond motifs is 1. The summed E-state index contributed by atoms with van der Waals surface area (Å²) < 4.78 is 6.77. The van der Waals surface area contributed by atoms with Crippen LogP contribution in [-0.4, -0.2) is 34.5 Å². The molecule has 184 valence electrons. The lowest BCUT2D eigenvalue weighted by Crippen LogP contribution is -2.37. The molecule has 0 unspecified atom stereocenters. The monoisotopic (exact) mass is 476 g/mol. The van der Waals surface area contributed by atoms with E-state index in [9.17, 15) is 14.4 Å². The van der Waals surface area contributed by atoms with Crippen molar-refractivity contribution in [2.24, 2.45) is 0 Å². The van der Waals surface area contributed by atoms with Crippen molar-refractivity contribution < 1.29 is 14.3 Å². The zero-order valence-electron chi connectivity index (χ0n) is 20.3. The first-order chi connectivity index (χ1) is 16.9. The number of carbonyl (C=O) groups excluding carboxylic acids is 2. The molecule has 4 rings (SSSR count). The van der Waals surface area contributed by atoms with E-state index in [4.69, 9.17) is 4.74 Å². The summed E-state index contributed by atoms with van der Waals surface area (Å²) in [5, 5.41) is 5.93. The van der Waals surface area contributed by atoms with Crippen LogP contribution >= 0.6 is 0 Å². The molecule has 1 aromatic heterocycles. The zero-order valence-corrected chi connectivity index (χ0v) is 20.3. The molecule has 0 saturated heterocycles. The predicted molar refractivity (Wildman–Crippen MR) is 136 cm³/mol. The number of hydrogen-bond acceptors (Lipinski definition) is 5. The van der Waals surface area contributed by atoms with Gasteiger partial charge in [0, 0.05) is 18.9 Å². The van der Waals surface area contributed by atoms with E-state index < -0.39 is 0 Å². The topological polar surface area (TPSA) is 102 Å². The number of aryl methyl sites for hydroxylation is 2. The zero-order chi connectivity index (χ0) is 24.8. The van der Waals surface area contributed by atoms with E-state index >= 15 is 0 Å². The Kier molecular flexibility index (Phi) is 7.80. The van der Waals surface area contributed by atoms with E-state index in [1.165, 1.54) is 18.1 Å². The average molecular weight is 477 g/mol. The third kappa shape index (κ3) is 6.07. The Labute approximate surface area is 204 Å². The summed E-state index contributed by atoms with van der Waals surface area (Å²) in [5.41, 5.74) is 2.61. The van der Waals surface area contributed by atoms with Crippen molar-refractivity contribution in [2.45, 2.75) is 64.5 Å². The molecule has 0 spiro atoms. The first-order valence-electron chi connectivity index (χ1n) is 12.2. The molecule has 1 saturated carbocycles. The van der Waals surface area contributed by atoms with E-state index in [-0.39, 0.29) is 48.5 Å². The van der Waals surface area contributed by atoms with Crippen LogP contribution in [0.15, 0.2) is 47.3 Å². The number of aromatic nitrogens is 2. The first kappa shape index (κ1) is 24.4. The molecule has 1 aliphatic carbocycles. The Morgan fingerprint density at radius 1 is 1.09 bits per heavy atom. The third-order valence-electron chi connectivity index (χ3n) is 6.41. The number of rotatable bonds is 8. The molecule has 2 aromatic carbocycles. The Morgan fingerprint density at radius 2 is 1.86 bits per heavy atom. The maximum absolute atomic E-state index is 13.3. The summed E-state index contributed by atoms with van der Waals surface area (Å²) >= 11 is 0. The van der Waals surface area contributed by atoms with Gasteiger partial charge in [0.15, 0.2) is 0 Å². The van der Waals surface area contributed by atoms with Gasteiger partial charge in [0.2, 0.25) is 11.8 Å². The fourth-order valence-electron chi connectivity index (χ4n) is 4.60. The lowest BCUT2D eigenvalue weighted by atomic mass is 9.95. The van der Waals surface area contributed by atoms with Crippen LogP contribution in [0.4, 0.5) is 5.69 Å². The lowest BCUT2D eigenvalue weighted by molar-refractivity contribution is -0.122. The number of ether oxygens (including phenoxy) is 1. The van der Waals surface area contributed by atoms with E-state index in [1.807, 2.05) is 25.1 Å². The minimum Gasteiger partial charge on any atom is -0.495 e. The summed E-state index contributed by atoms with van der Waals surface area (Å²) in [4.78, 5) is 43.3. The maximum Gasteiger partial charge on any atom is 0.273 e. The number of methoxy groups -OCH3 is 1. The maximum atomic E-state index is 13.3. The van der Waals surface area contributed by atoms with E-state index in [2.05, 4.69) is 15.6 Å². The van der Waals surface area contributed by atoms with Crippen molar-refractivity contribution in [3.05, 3.63) is 64.1 Å². The smallest absolute Gasteiger partial charge is 0.273 e. The van der Waals surface area contributed by atoms with Gasteiger partial charge >= 0.3 is 0 Å². The van der Waals surface area contributed by atoms with Crippen molar-refractivity contribution in [1.29, 1.82) is 0 Å². The van der Waals surface area contributed by atoms with Crippen LogP contribution < -0.4 is 20.9 Å². The van der Waals surface area contributed by atoms with Crippen LogP contribution in [0.3, 0.4) is 0 Å². The lowest BCUT2D eigenvalue weighted by Gasteiger charge is -2.22. The largest absolute Gasteiger partial charge is 0.495 e. The van der Waals surface area contributed by atoms with Crippen LogP contribution in [0.25, 0.3) is 11.0 Å². The molecule has 1 aliphatic rings. The fourth-order valence-corrected chi connectivity index (χ4v) is 4.60. The van der Waals surface area contributed by atoms with Crippen LogP contribution in [0.1, 0.15) is 49.8 Å². The summed E-state index contributed by atoms with van der Waals surface area (Å²) in [6.45, 7) is 1.74. The quantitative estimate of drug-likeness (QED) is 0.516. The highest BCUT2D eigenvalue weighted by molar-refractivity contribution is 5.93. The highest BCUT2D eigenvalue weighted by Crippen LogP contribution is 2.25. The number of nitrogens with zero attached hydrogens (tertiary/aromatic N) is 2. The fraction of sp³-hybridized carbons (Fsp3) is 0.407. The molecular weight excluding hydrogens is 444 g/mol. The summed E-state index contributed by atoms with van der Waals surface area (Å²) in [7, 11) is 1.54. The number of amides is 2. The van der Waals surface area contributed by atoms with Gasteiger partial charge in [-0.25, -0.2) is 4.98 Å². The second-order valence-corrected chi connectivity index (χ2v) is 9.09. The van der Waals surface area contributed by atoms with Gasteiger partial charge in [-0.05, 0) is 49.6 Å². The van der Waals surface area contributed by atoms with Crippen molar-refractivity contribution in [2.75, 3.05) is 12.4 Å². The molecule has 35 heavy (non-hydrogen) atoms. The molecule has 0 bridgehead atoms. The summed E-state index contributed by atoms with van der Waals surface area (Å²) in [6.07, 6.45) is 5.91. The Hall–Kier alpha value is -3.68. The molecule has 2 amide bonds. The standard InChI is InChI=1S/C27H32N4O4/c1-18-12-14-24(35-2)22(16-18)30-26(33)17-31-23-11-7-6-10-20(23)29-21(27(31)34)13-15-25(32)28-19-8-4-3-5-9-19/h6-7,10-12,14,16,19H,3-5,8-9,13,15,17H2,1-2H3,(H,28,32)(H,30,33). The molecule has 0 atom stereocenters. The molecule has 0 aliphatic heterocycles. The highest BCUT2D eigenvalue weighted by Gasteiger charge is 2.18. The number of para-hydroxylation sites is 2. The van der Waals surface area contributed by atoms with Crippen LogP contribution in [-0.2, 0) is 22.6 Å². The van der Waals surface area contributed by atoms with E-state index in [0.29, 0.717) is 22.5 Å². The Balaban J connectivity index is 1.53. The SMILES string of the molecule is COc1ccc(C)cc1NC(=O)Cn1c(=O)c(CCC(=O)NC2CCCCC2)nc2ccccc21. The minimum atomic E-state index is -0.361. The Morgan fingerprint density at radius 3 is 2.63 bits per heavy atom. The second-order valence-electron chi connectivity index (χ2n) is 9.09. The van der Waals surface area contributed by atoms with Gasteiger partial charge in [-0.15, -0.1) is 0 Å². The number of anilines is 1. The van der Waals surface area contributed by atoms with Crippen LogP contribution in [0.2, 0.25) is 0 Å². The van der Waals surface area contributed by atoms with Gasteiger partial charge in [-0.2, -0.15) is 0 Å². The van der Waals surface area contributed by atoms with Gasteiger partial charge in [0.25, 0.3) is 5.56 Å². The Bertz CT molecular complexity index is 1280. The van der Waals surface area contributed by atoms with Crippen molar-refractivity contribution in [3.8, 4) is 5.75 Å². The number of carbonyl (C=O) groups is 2. The van der Waals surface area contributed by atoms with E-state index in [1.54, 1.807) is 24.3 Å². The summed E-state index contributed by atoms with van der Waals surface area (Å²) in [5.74, 6) is 0.121. The molecule has 1 fully saturated rings. The van der Waals surface area contributed by atoms with Crippen molar-refractivity contribution >= 4 is 28.5 Å². The van der Waals surface area contributed by atoms with Crippen molar-refractivity contribution in [3.63, 3.8) is 0 Å². The number of benzene rings is 2. The van der Waals surface area contributed by atoms with Gasteiger partial charge in [-0.3, -0.25) is 19.0 Å². The highest BCUT2D eigenvalue weighted by atomic mass is 16.5.